The molecule has 0 saturated carbocycles. The van der Waals surface area contributed by atoms with E-state index < -0.39 is 23.8 Å². The van der Waals surface area contributed by atoms with Crippen LogP contribution >= 0.6 is 0 Å². The van der Waals surface area contributed by atoms with Crippen LogP contribution in [-0.4, -0.2) is 4.98 Å². The van der Waals surface area contributed by atoms with Crippen LogP contribution < -0.4 is 5.73 Å². The Morgan fingerprint density at radius 1 is 1.46 bits per heavy atom. The van der Waals surface area contributed by atoms with Crippen molar-refractivity contribution in [1.82, 2.24) is 4.98 Å². The lowest BCUT2D eigenvalue weighted by Crippen LogP contribution is -2.11. The zero-order valence-electron chi connectivity index (χ0n) is 6.97. The zero-order chi connectivity index (χ0) is 10.0. The van der Waals surface area contributed by atoms with Crippen molar-refractivity contribution in [2.24, 2.45) is 5.73 Å². The monoisotopic (exact) mass is 190 g/mol. The third kappa shape index (κ3) is 1.98. The first kappa shape index (κ1) is 9.98. The molecule has 2 N–H and O–H groups in total. The van der Waals surface area contributed by atoms with Crippen molar-refractivity contribution in [2.45, 2.75) is 19.4 Å². The summed E-state index contributed by atoms with van der Waals surface area (Å²) in [6.45, 7) is 1.49. The van der Waals surface area contributed by atoms with Crippen LogP contribution in [0.5, 0.6) is 0 Å². The number of nitrogens with zero attached hydrogens (tertiary/aromatic N) is 1. The molecular weight excluding hydrogens is 181 g/mol. The largest absolute Gasteiger partial charge is 0.323 e. The molecule has 0 aliphatic carbocycles. The highest BCUT2D eigenvalue weighted by molar-refractivity contribution is 5.22. The van der Waals surface area contributed by atoms with Gasteiger partial charge < -0.3 is 5.73 Å². The van der Waals surface area contributed by atoms with E-state index in [9.17, 15) is 13.2 Å². The van der Waals surface area contributed by atoms with Crippen LogP contribution in [0.3, 0.4) is 0 Å². The standard InChI is InChI=1S/C8H9F3N2/c1-4(12)7-6(9)5(8(10)11)2-3-13-7/h2-4,8H,12H2,1H3/t4-/m1/s1. The molecule has 0 aliphatic heterocycles. The van der Waals surface area contributed by atoms with Crippen LogP contribution in [0.25, 0.3) is 0 Å². The minimum atomic E-state index is -2.83. The number of hydrogen-bond donors (Lipinski definition) is 1. The van der Waals surface area contributed by atoms with Gasteiger partial charge in [-0.25, -0.2) is 13.2 Å². The van der Waals surface area contributed by atoms with E-state index >= 15 is 0 Å². The maximum Gasteiger partial charge on any atom is 0.266 e. The van der Waals surface area contributed by atoms with E-state index in [-0.39, 0.29) is 5.69 Å². The molecular formula is C8H9F3N2. The second-order valence-electron chi connectivity index (χ2n) is 2.69. The lowest BCUT2D eigenvalue weighted by atomic mass is 10.1. The molecule has 0 bridgehead atoms. The predicted molar refractivity (Wildman–Crippen MR) is 41.8 cm³/mol. The maximum absolute atomic E-state index is 13.2. The molecule has 1 aromatic heterocycles. The molecule has 72 valence electrons. The van der Waals surface area contributed by atoms with E-state index in [1.807, 2.05) is 0 Å². The van der Waals surface area contributed by atoms with Gasteiger partial charge in [-0.2, -0.15) is 0 Å². The molecule has 0 spiro atoms. The SMILES string of the molecule is C[C@@H](N)c1nccc(C(F)F)c1F. The van der Waals surface area contributed by atoms with Crippen molar-refractivity contribution in [3.63, 3.8) is 0 Å². The van der Waals surface area contributed by atoms with E-state index in [4.69, 9.17) is 5.73 Å². The van der Waals surface area contributed by atoms with Crippen LogP contribution in [-0.2, 0) is 0 Å². The van der Waals surface area contributed by atoms with Crippen molar-refractivity contribution in [3.05, 3.63) is 29.3 Å². The quantitative estimate of drug-likeness (QED) is 0.776. The lowest BCUT2D eigenvalue weighted by Gasteiger charge is -2.08. The van der Waals surface area contributed by atoms with Crippen molar-refractivity contribution in [2.75, 3.05) is 0 Å². The first-order valence-electron chi connectivity index (χ1n) is 3.72. The molecule has 5 heteroatoms. The van der Waals surface area contributed by atoms with Gasteiger partial charge in [0.2, 0.25) is 0 Å². The van der Waals surface area contributed by atoms with E-state index in [2.05, 4.69) is 4.98 Å². The van der Waals surface area contributed by atoms with Crippen molar-refractivity contribution < 1.29 is 13.2 Å². The second-order valence-corrected chi connectivity index (χ2v) is 2.69. The molecule has 0 amide bonds. The molecule has 0 radical (unpaired) electrons. The number of aromatic nitrogens is 1. The zero-order valence-corrected chi connectivity index (χ0v) is 6.97. The van der Waals surface area contributed by atoms with Crippen LogP contribution in [0.2, 0.25) is 0 Å². The van der Waals surface area contributed by atoms with Gasteiger partial charge >= 0.3 is 0 Å². The minimum absolute atomic E-state index is 0.127. The number of pyridine rings is 1. The van der Waals surface area contributed by atoms with Gasteiger partial charge in [0.05, 0.1) is 11.3 Å². The number of halogens is 3. The van der Waals surface area contributed by atoms with Crippen LogP contribution in [0.4, 0.5) is 13.2 Å². The Kier molecular flexibility index (Phi) is 2.87. The molecule has 2 nitrogen and oxygen atoms in total. The average Bonchev–Trinajstić information content (AvgIpc) is 2.03. The molecule has 1 atom stereocenters. The Morgan fingerprint density at radius 2 is 2.08 bits per heavy atom. The third-order valence-electron chi connectivity index (χ3n) is 1.61. The number of rotatable bonds is 2. The third-order valence-corrected chi connectivity index (χ3v) is 1.61. The summed E-state index contributed by atoms with van der Waals surface area (Å²) in [6.07, 6.45) is -1.70. The van der Waals surface area contributed by atoms with Crippen molar-refractivity contribution in [1.29, 1.82) is 0 Å². The summed E-state index contributed by atoms with van der Waals surface area (Å²) in [5.74, 6) is -1.01. The van der Waals surface area contributed by atoms with Gasteiger partial charge in [0.25, 0.3) is 6.43 Å². The summed E-state index contributed by atoms with van der Waals surface area (Å²) in [4.78, 5) is 3.59. The summed E-state index contributed by atoms with van der Waals surface area (Å²) in [5.41, 5.74) is 4.56. The molecule has 1 aromatic rings. The lowest BCUT2D eigenvalue weighted by molar-refractivity contribution is 0.145. The number of hydrogen-bond acceptors (Lipinski definition) is 2. The molecule has 0 unspecified atom stereocenters. The van der Waals surface area contributed by atoms with Crippen LogP contribution in [0.1, 0.15) is 30.6 Å². The van der Waals surface area contributed by atoms with Crippen molar-refractivity contribution in [3.8, 4) is 0 Å². The van der Waals surface area contributed by atoms with Crippen LogP contribution in [0.15, 0.2) is 12.3 Å². The van der Waals surface area contributed by atoms with Gasteiger partial charge in [-0.1, -0.05) is 0 Å². The van der Waals surface area contributed by atoms with Gasteiger partial charge in [-0.05, 0) is 13.0 Å². The smallest absolute Gasteiger partial charge is 0.266 e. The Balaban J connectivity index is 3.18. The average molecular weight is 190 g/mol. The second kappa shape index (κ2) is 3.74. The summed E-state index contributed by atoms with van der Waals surface area (Å²) < 4.78 is 37.5. The highest BCUT2D eigenvalue weighted by Gasteiger charge is 2.18. The topological polar surface area (TPSA) is 38.9 Å². The molecule has 0 aliphatic rings. The first-order valence-corrected chi connectivity index (χ1v) is 3.72. The Morgan fingerprint density at radius 3 is 2.54 bits per heavy atom. The number of nitrogens with two attached hydrogens (primary N) is 1. The first-order chi connectivity index (χ1) is 6.04. The van der Waals surface area contributed by atoms with E-state index in [1.165, 1.54) is 6.92 Å². The summed E-state index contributed by atoms with van der Waals surface area (Å²) in [6, 6.07) is 0.269. The fraction of sp³-hybridized carbons (Fsp3) is 0.375. The minimum Gasteiger partial charge on any atom is -0.323 e. The summed E-state index contributed by atoms with van der Waals surface area (Å²) in [5, 5.41) is 0. The number of alkyl halides is 2. The van der Waals surface area contributed by atoms with Gasteiger partial charge in [0.15, 0.2) is 5.82 Å². The summed E-state index contributed by atoms with van der Waals surface area (Å²) >= 11 is 0. The Bertz CT molecular complexity index is 273. The van der Waals surface area contributed by atoms with E-state index in [0.29, 0.717) is 0 Å². The summed E-state index contributed by atoms with van der Waals surface area (Å²) in [7, 11) is 0. The molecule has 13 heavy (non-hydrogen) atoms. The fourth-order valence-electron chi connectivity index (χ4n) is 0.962. The fourth-order valence-corrected chi connectivity index (χ4v) is 0.962. The van der Waals surface area contributed by atoms with Crippen molar-refractivity contribution >= 4 is 0 Å². The van der Waals surface area contributed by atoms with E-state index in [1.54, 1.807) is 0 Å². The highest BCUT2D eigenvalue weighted by Crippen LogP contribution is 2.24. The highest BCUT2D eigenvalue weighted by atomic mass is 19.3. The van der Waals surface area contributed by atoms with Gasteiger partial charge in [-0.15, -0.1) is 0 Å². The molecule has 1 rings (SSSR count). The van der Waals surface area contributed by atoms with Gasteiger partial charge in [0, 0.05) is 12.2 Å². The molecule has 0 aromatic carbocycles. The Labute approximate surface area is 73.6 Å². The molecule has 0 fully saturated rings. The predicted octanol–water partition coefficient (Wildman–Crippen LogP) is 2.18. The molecule has 0 saturated heterocycles. The van der Waals surface area contributed by atoms with Gasteiger partial charge in [-0.3, -0.25) is 4.98 Å². The van der Waals surface area contributed by atoms with E-state index in [0.717, 1.165) is 12.3 Å². The van der Waals surface area contributed by atoms with Crippen LogP contribution in [0, 0.1) is 5.82 Å². The normalized spacial score (nSPS) is 13.4. The Hall–Kier alpha value is -1.10. The maximum atomic E-state index is 13.2. The molecule has 1 heterocycles. The van der Waals surface area contributed by atoms with Gasteiger partial charge in [0.1, 0.15) is 0 Å².